The summed E-state index contributed by atoms with van der Waals surface area (Å²) in [6.07, 6.45) is 1.63. The van der Waals surface area contributed by atoms with E-state index in [1.54, 1.807) is 17.2 Å². The quantitative estimate of drug-likeness (QED) is 0.767. The zero-order valence-corrected chi connectivity index (χ0v) is 8.90. The summed E-state index contributed by atoms with van der Waals surface area (Å²) in [5.74, 6) is 0.621. The van der Waals surface area contributed by atoms with Crippen LogP contribution < -0.4 is 4.90 Å². The summed E-state index contributed by atoms with van der Waals surface area (Å²) in [6.45, 7) is 0.312. The van der Waals surface area contributed by atoms with Gasteiger partial charge in [0.1, 0.15) is 18.9 Å². The molecule has 1 aromatic heterocycles. The largest absolute Gasteiger partial charge is 0.329 e. The highest BCUT2D eigenvalue weighted by atomic mass is 79.9. The molecule has 4 nitrogen and oxygen atoms in total. The molecule has 0 aliphatic carbocycles. The summed E-state index contributed by atoms with van der Waals surface area (Å²) in [4.78, 5) is 5.69. The minimum absolute atomic E-state index is 0.156. The van der Waals surface area contributed by atoms with Crippen molar-refractivity contribution in [1.29, 1.82) is 10.5 Å². The minimum Gasteiger partial charge on any atom is -0.329 e. The van der Waals surface area contributed by atoms with Crippen LogP contribution in [0.1, 0.15) is 0 Å². The highest BCUT2D eigenvalue weighted by molar-refractivity contribution is 9.10. The van der Waals surface area contributed by atoms with Gasteiger partial charge in [0.05, 0.1) is 16.6 Å². The molecule has 1 rings (SSSR count). The first-order valence-electron chi connectivity index (χ1n) is 3.89. The molecule has 0 aromatic carbocycles. The zero-order chi connectivity index (χ0) is 10.4. The van der Waals surface area contributed by atoms with Crippen LogP contribution in [0.3, 0.4) is 0 Å². The van der Waals surface area contributed by atoms with Crippen LogP contribution in [0.15, 0.2) is 22.8 Å². The third-order valence-corrected chi connectivity index (χ3v) is 2.18. The minimum atomic E-state index is 0.156. The van der Waals surface area contributed by atoms with Crippen molar-refractivity contribution in [2.45, 2.75) is 0 Å². The first-order valence-corrected chi connectivity index (χ1v) is 4.68. The average Bonchev–Trinajstić information content (AvgIpc) is 2.18. The zero-order valence-electron chi connectivity index (χ0n) is 7.31. The summed E-state index contributed by atoms with van der Waals surface area (Å²) in [5, 5.41) is 17.1. The lowest BCUT2D eigenvalue weighted by atomic mass is 10.4. The lowest BCUT2D eigenvalue weighted by Gasteiger charge is -2.17. The Bertz CT molecular complexity index is 375. The second kappa shape index (κ2) is 5.21. The van der Waals surface area contributed by atoms with Crippen LogP contribution in [-0.4, -0.2) is 18.1 Å². The fourth-order valence-corrected chi connectivity index (χ4v) is 1.49. The molecule has 0 unspecified atom stereocenters. The van der Waals surface area contributed by atoms with Crippen LogP contribution in [0.4, 0.5) is 5.82 Å². The van der Waals surface area contributed by atoms with E-state index in [1.807, 2.05) is 18.2 Å². The maximum Gasteiger partial charge on any atom is 0.144 e. The van der Waals surface area contributed by atoms with Gasteiger partial charge in [0, 0.05) is 6.20 Å². The van der Waals surface area contributed by atoms with Crippen molar-refractivity contribution < 1.29 is 0 Å². The number of hydrogen-bond acceptors (Lipinski definition) is 4. The number of halogens is 1. The van der Waals surface area contributed by atoms with E-state index in [2.05, 4.69) is 20.9 Å². The molecule has 0 N–H and O–H groups in total. The standard InChI is InChI=1S/C9H7BrN4/c10-8-2-1-5-13-9(8)14(6-3-11)7-4-12/h1-2,5H,6-7H2. The van der Waals surface area contributed by atoms with Gasteiger partial charge in [0.25, 0.3) is 0 Å². The Morgan fingerprint density at radius 3 is 2.50 bits per heavy atom. The first-order chi connectivity index (χ1) is 6.79. The van der Waals surface area contributed by atoms with Gasteiger partial charge in [-0.3, -0.25) is 0 Å². The van der Waals surface area contributed by atoms with Crippen molar-refractivity contribution >= 4 is 21.7 Å². The Kier molecular flexibility index (Phi) is 3.90. The molecule has 1 heterocycles. The van der Waals surface area contributed by atoms with Gasteiger partial charge in [-0.2, -0.15) is 10.5 Å². The average molecular weight is 251 g/mol. The molecule has 0 atom stereocenters. The van der Waals surface area contributed by atoms with E-state index in [-0.39, 0.29) is 13.1 Å². The van der Waals surface area contributed by atoms with Crippen LogP contribution in [0, 0.1) is 22.7 Å². The Labute approximate surface area is 90.5 Å². The molecule has 0 aliphatic heterocycles. The molecule has 1 aromatic rings. The first kappa shape index (κ1) is 10.5. The van der Waals surface area contributed by atoms with Crippen molar-refractivity contribution in [1.82, 2.24) is 4.98 Å². The molecule has 0 spiro atoms. The topological polar surface area (TPSA) is 63.7 Å². The normalized spacial score (nSPS) is 8.79. The van der Waals surface area contributed by atoms with Crippen LogP contribution in [-0.2, 0) is 0 Å². The van der Waals surface area contributed by atoms with E-state index in [0.717, 1.165) is 4.47 Å². The fraction of sp³-hybridized carbons (Fsp3) is 0.222. The molecule has 0 radical (unpaired) electrons. The van der Waals surface area contributed by atoms with Crippen LogP contribution >= 0.6 is 15.9 Å². The third-order valence-electron chi connectivity index (χ3n) is 1.56. The molecule has 0 fully saturated rings. The highest BCUT2D eigenvalue weighted by Crippen LogP contribution is 2.22. The van der Waals surface area contributed by atoms with E-state index < -0.39 is 0 Å². The molecule has 0 saturated heterocycles. The monoisotopic (exact) mass is 250 g/mol. The number of aromatic nitrogens is 1. The maximum atomic E-state index is 8.57. The van der Waals surface area contributed by atoms with Crippen molar-refractivity contribution in [3.8, 4) is 12.1 Å². The van der Waals surface area contributed by atoms with Crippen molar-refractivity contribution in [3.05, 3.63) is 22.8 Å². The molecule has 0 aliphatic rings. The fourth-order valence-electron chi connectivity index (χ4n) is 0.986. The van der Waals surface area contributed by atoms with Gasteiger partial charge >= 0.3 is 0 Å². The highest BCUT2D eigenvalue weighted by Gasteiger charge is 2.09. The Morgan fingerprint density at radius 1 is 1.36 bits per heavy atom. The third kappa shape index (κ3) is 2.45. The predicted molar refractivity (Wildman–Crippen MR) is 55.4 cm³/mol. The smallest absolute Gasteiger partial charge is 0.144 e. The Balaban J connectivity index is 2.95. The summed E-state index contributed by atoms with van der Waals surface area (Å²) >= 11 is 3.31. The molecule has 14 heavy (non-hydrogen) atoms. The van der Waals surface area contributed by atoms with Gasteiger partial charge < -0.3 is 4.90 Å². The maximum absolute atomic E-state index is 8.57. The number of nitrogens with zero attached hydrogens (tertiary/aromatic N) is 4. The lowest BCUT2D eigenvalue weighted by Crippen LogP contribution is -2.25. The number of anilines is 1. The summed E-state index contributed by atoms with van der Waals surface area (Å²) in [5.41, 5.74) is 0. The van der Waals surface area contributed by atoms with E-state index in [9.17, 15) is 0 Å². The van der Waals surface area contributed by atoms with Gasteiger partial charge in [-0.25, -0.2) is 4.98 Å². The van der Waals surface area contributed by atoms with E-state index >= 15 is 0 Å². The molecular weight excluding hydrogens is 244 g/mol. The second-order valence-electron chi connectivity index (χ2n) is 2.48. The van der Waals surface area contributed by atoms with E-state index in [1.165, 1.54) is 0 Å². The number of rotatable bonds is 3. The number of nitriles is 2. The predicted octanol–water partition coefficient (Wildman–Crippen LogP) is 1.70. The van der Waals surface area contributed by atoms with Gasteiger partial charge in [0.15, 0.2) is 0 Å². The Hall–Kier alpha value is -1.59. The second-order valence-corrected chi connectivity index (χ2v) is 3.34. The molecule has 0 amide bonds. The molecule has 70 valence electrons. The van der Waals surface area contributed by atoms with E-state index in [0.29, 0.717) is 5.82 Å². The van der Waals surface area contributed by atoms with Crippen LogP contribution in [0.5, 0.6) is 0 Å². The molecule has 0 saturated carbocycles. The summed E-state index contributed by atoms with van der Waals surface area (Å²) in [7, 11) is 0. The SMILES string of the molecule is N#CCN(CC#N)c1ncccc1Br. The van der Waals surface area contributed by atoms with Gasteiger partial charge in [0.2, 0.25) is 0 Å². The summed E-state index contributed by atoms with van der Waals surface area (Å²) in [6, 6.07) is 7.59. The van der Waals surface area contributed by atoms with Crippen LogP contribution in [0.2, 0.25) is 0 Å². The van der Waals surface area contributed by atoms with Gasteiger partial charge in [-0.1, -0.05) is 0 Å². The van der Waals surface area contributed by atoms with Crippen molar-refractivity contribution in [2.24, 2.45) is 0 Å². The molecular formula is C9H7BrN4. The van der Waals surface area contributed by atoms with Gasteiger partial charge in [-0.05, 0) is 28.1 Å². The van der Waals surface area contributed by atoms with Gasteiger partial charge in [-0.15, -0.1) is 0 Å². The molecule has 5 heteroatoms. The van der Waals surface area contributed by atoms with E-state index in [4.69, 9.17) is 10.5 Å². The van der Waals surface area contributed by atoms with Crippen molar-refractivity contribution in [2.75, 3.05) is 18.0 Å². The summed E-state index contributed by atoms with van der Waals surface area (Å²) < 4.78 is 0.783. The number of pyridine rings is 1. The lowest BCUT2D eigenvalue weighted by molar-refractivity contribution is 0.931. The van der Waals surface area contributed by atoms with Crippen molar-refractivity contribution in [3.63, 3.8) is 0 Å². The number of hydrogen-bond donors (Lipinski definition) is 0. The van der Waals surface area contributed by atoms with Crippen LogP contribution in [0.25, 0.3) is 0 Å². The Morgan fingerprint density at radius 2 is 2.00 bits per heavy atom. The molecule has 0 bridgehead atoms.